The van der Waals surface area contributed by atoms with E-state index in [0.29, 0.717) is 6.54 Å². The smallest absolute Gasteiger partial charge is 0.408 e. The molecule has 2 amide bonds. The summed E-state index contributed by atoms with van der Waals surface area (Å²) in [5.41, 5.74) is 0.364. The molecule has 0 bridgehead atoms. The van der Waals surface area contributed by atoms with Gasteiger partial charge in [0.1, 0.15) is 11.6 Å². The number of hydrogen-bond donors (Lipinski definition) is 2. The molecule has 1 aromatic rings. The topological polar surface area (TPSA) is 76.7 Å². The van der Waals surface area contributed by atoms with Crippen LogP contribution < -0.4 is 10.6 Å². The molecule has 0 radical (unpaired) electrons. The Hall–Kier alpha value is -2.08. The van der Waals surface area contributed by atoms with Crippen molar-refractivity contribution in [1.82, 2.24) is 10.6 Å². The van der Waals surface area contributed by atoms with Gasteiger partial charge in [-0.1, -0.05) is 44.2 Å². The predicted molar refractivity (Wildman–Crippen MR) is 97.2 cm³/mol. The molecule has 0 fully saturated rings. The van der Waals surface area contributed by atoms with E-state index in [-0.39, 0.29) is 17.9 Å². The van der Waals surface area contributed by atoms with E-state index in [4.69, 9.17) is 9.47 Å². The van der Waals surface area contributed by atoms with Crippen LogP contribution in [0.3, 0.4) is 0 Å². The normalized spacial score (nSPS) is 13.9. The molecule has 0 aliphatic rings. The van der Waals surface area contributed by atoms with Gasteiger partial charge in [-0.2, -0.15) is 0 Å². The maximum absolute atomic E-state index is 12.5. The maximum atomic E-state index is 12.5. The lowest BCUT2D eigenvalue weighted by Gasteiger charge is -2.26. The summed E-state index contributed by atoms with van der Waals surface area (Å²) in [5.74, 6) is -0.343. The highest BCUT2D eigenvalue weighted by Gasteiger charge is 2.27. The number of methoxy groups -OCH3 is 1. The fraction of sp³-hybridized carbons (Fsp3) is 0.579. The molecule has 0 aromatic heterocycles. The lowest BCUT2D eigenvalue weighted by molar-refractivity contribution is -0.124. The van der Waals surface area contributed by atoms with Gasteiger partial charge < -0.3 is 20.1 Å². The molecule has 140 valence electrons. The van der Waals surface area contributed by atoms with Gasteiger partial charge >= 0.3 is 6.09 Å². The number of amides is 2. The predicted octanol–water partition coefficient (Wildman–Crippen LogP) is 3.04. The monoisotopic (exact) mass is 350 g/mol. The zero-order valence-electron chi connectivity index (χ0n) is 16.0. The minimum absolute atomic E-state index is 0.0785. The van der Waals surface area contributed by atoms with Crippen LogP contribution in [0.15, 0.2) is 30.3 Å². The van der Waals surface area contributed by atoms with Crippen molar-refractivity contribution in [3.63, 3.8) is 0 Å². The van der Waals surface area contributed by atoms with E-state index in [0.717, 1.165) is 5.56 Å². The molecule has 0 aliphatic carbocycles. The van der Waals surface area contributed by atoms with Crippen LogP contribution >= 0.6 is 0 Å². The zero-order valence-corrected chi connectivity index (χ0v) is 16.0. The average Bonchev–Trinajstić information content (AvgIpc) is 2.52. The van der Waals surface area contributed by atoms with Gasteiger partial charge in [0.05, 0.1) is 6.10 Å². The average molecular weight is 350 g/mol. The highest BCUT2D eigenvalue weighted by Crippen LogP contribution is 2.15. The molecule has 25 heavy (non-hydrogen) atoms. The molecule has 0 saturated heterocycles. The third kappa shape index (κ3) is 7.56. The second-order valence-corrected chi connectivity index (χ2v) is 7.25. The standard InChI is InChI=1S/C19H30N2O4/c1-13(2)16(21-18(23)25-19(3,4)5)17(22)20-12-15(24-6)14-10-8-7-9-11-14/h7-11,13,15-16H,12H2,1-6H3,(H,20,22)(H,21,23). The minimum Gasteiger partial charge on any atom is -0.444 e. The summed E-state index contributed by atoms with van der Waals surface area (Å²) in [7, 11) is 1.60. The van der Waals surface area contributed by atoms with Crippen molar-refractivity contribution in [2.75, 3.05) is 13.7 Å². The number of ether oxygens (including phenoxy) is 2. The first kappa shape index (κ1) is 21.0. The molecule has 1 aromatic carbocycles. The molecular formula is C19H30N2O4. The fourth-order valence-corrected chi connectivity index (χ4v) is 2.28. The molecule has 0 heterocycles. The van der Waals surface area contributed by atoms with Crippen molar-refractivity contribution in [3.05, 3.63) is 35.9 Å². The van der Waals surface area contributed by atoms with E-state index >= 15 is 0 Å². The van der Waals surface area contributed by atoms with Gasteiger partial charge in [-0.25, -0.2) is 4.79 Å². The van der Waals surface area contributed by atoms with E-state index in [1.165, 1.54) is 0 Å². The molecule has 1 rings (SSSR count). The number of carbonyl (C=O) groups is 2. The molecule has 6 nitrogen and oxygen atoms in total. The van der Waals surface area contributed by atoms with Crippen molar-refractivity contribution < 1.29 is 19.1 Å². The summed E-state index contributed by atoms with van der Waals surface area (Å²) in [6, 6.07) is 8.98. The third-order valence-corrected chi connectivity index (χ3v) is 3.54. The van der Waals surface area contributed by atoms with Crippen molar-refractivity contribution in [1.29, 1.82) is 0 Å². The molecule has 2 N–H and O–H groups in total. The second kappa shape index (κ2) is 9.42. The summed E-state index contributed by atoms with van der Waals surface area (Å²) < 4.78 is 10.7. The van der Waals surface area contributed by atoms with Crippen LogP contribution in [-0.2, 0) is 14.3 Å². The first-order valence-corrected chi connectivity index (χ1v) is 8.49. The number of alkyl carbamates (subject to hydrolysis) is 1. The zero-order chi connectivity index (χ0) is 19.0. The Balaban J connectivity index is 2.65. The van der Waals surface area contributed by atoms with Gasteiger partial charge in [0, 0.05) is 13.7 Å². The minimum atomic E-state index is -0.678. The summed E-state index contributed by atoms with van der Waals surface area (Å²) in [6.45, 7) is 9.39. The van der Waals surface area contributed by atoms with Crippen LogP contribution in [0.1, 0.15) is 46.3 Å². The van der Waals surface area contributed by atoms with E-state index < -0.39 is 17.7 Å². The quantitative estimate of drug-likeness (QED) is 0.792. The number of carbonyl (C=O) groups excluding carboxylic acids is 2. The highest BCUT2D eigenvalue weighted by atomic mass is 16.6. The Morgan fingerprint density at radius 1 is 1.12 bits per heavy atom. The summed E-state index contributed by atoms with van der Waals surface area (Å²) >= 11 is 0. The molecule has 2 unspecified atom stereocenters. The number of rotatable bonds is 7. The van der Waals surface area contributed by atoms with Crippen LogP contribution in [0.5, 0.6) is 0 Å². The second-order valence-electron chi connectivity index (χ2n) is 7.25. The molecule has 2 atom stereocenters. The molecule has 0 saturated carbocycles. The van der Waals surface area contributed by atoms with Crippen molar-refractivity contribution >= 4 is 12.0 Å². The van der Waals surface area contributed by atoms with Gasteiger partial charge in [0.2, 0.25) is 5.91 Å². The van der Waals surface area contributed by atoms with Crippen LogP contribution in [0, 0.1) is 5.92 Å². The van der Waals surface area contributed by atoms with E-state index in [1.807, 2.05) is 44.2 Å². The van der Waals surface area contributed by atoms with Crippen LogP contribution in [0.4, 0.5) is 4.79 Å². The number of nitrogens with one attached hydrogen (secondary N) is 2. The van der Waals surface area contributed by atoms with Crippen molar-refractivity contribution in [3.8, 4) is 0 Å². The molecule has 0 aliphatic heterocycles. The Labute approximate surface area is 150 Å². The Morgan fingerprint density at radius 2 is 1.72 bits per heavy atom. The third-order valence-electron chi connectivity index (χ3n) is 3.54. The van der Waals surface area contributed by atoms with Crippen LogP contribution in [-0.4, -0.2) is 37.3 Å². The number of hydrogen-bond acceptors (Lipinski definition) is 4. The lowest BCUT2D eigenvalue weighted by atomic mass is 10.0. The Morgan fingerprint density at radius 3 is 2.20 bits per heavy atom. The maximum Gasteiger partial charge on any atom is 0.408 e. The van der Waals surface area contributed by atoms with Gasteiger partial charge in [-0.15, -0.1) is 0 Å². The van der Waals surface area contributed by atoms with E-state index in [9.17, 15) is 9.59 Å². The largest absolute Gasteiger partial charge is 0.444 e. The highest BCUT2D eigenvalue weighted by molar-refractivity contribution is 5.85. The van der Waals surface area contributed by atoms with Crippen molar-refractivity contribution in [2.24, 2.45) is 5.92 Å². The van der Waals surface area contributed by atoms with Gasteiger partial charge in [-0.05, 0) is 32.3 Å². The van der Waals surface area contributed by atoms with Gasteiger partial charge in [0.25, 0.3) is 0 Å². The Kier molecular flexibility index (Phi) is 7.90. The van der Waals surface area contributed by atoms with E-state index in [2.05, 4.69) is 10.6 Å². The fourth-order valence-electron chi connectivity index (χ4n) is 2.28. The Bertz CT molecular complexity index is 552. The molecule has 0 spiro atoms. The first-order valence-electron chi connectivity index (χ1n) is 8.49. The van der Waals surface area contributed by atoms with Gasteiger partial charge in [-0.3, -0.25) is 4.79 Å². The van der Waals surface area contributed by atoms with Crippen molar-refractivity contribution in [2.45, 2.75) is 52.4 Å². The van der Waals surface area contributed by atoms with E-state index in [1.54, 1.807) is 27.9 Å². The van der Waals surface area contributed by atoms with Gasteiger partial charge in [0.15, 0.2) is 0 Å². The molecular weight excluding hydrogens is 320 g/mol. The lowest BCUT2D eigenvalue weighted by Crippen LogP contribution is -2.51. The number of benzene rings is 1. The van der Waals surface area contributed by atoms with Crippen LogP contribution in [0.25, 0.3) is 0 Å². The summed E-state index contributed by atoms with van der Waals surface area (Å²) in [6.07, 6.45) is -0.854. The SMILES string of the molecule is COC(CNC(=O)C(NC(=O)OC(C)(C)C)C(C)C)c1ccccc1. The summed E-state index contributed by atoms with van der Waals surface area (Å²) in [5, 5.41) is 5.49. The van der Waals surface area contributed by atoms with Crippen LogP contribution in [0.2, 0.25) is 0 Å². The summed E-state index contributed by atoms with van der Waals surface area (Å²) in [4.78, 5) is 24.5. The first-order chi connectivity index (χ1) is 11.6. The molecule has 6 heteroatoms.